The summed E-state index contributed by atoms with van der Waals surface area (Å²) in [5.74, 6) is 0. The van der Waals surface area contributed by atoms with Gasteiger partial charge in [-0.2, -0.15) is 12.6 Å². The van der Waals surface area contributed by atoms with E-state index in [4.69, 9.17) is 9.47 Å². The summed E-state index contributed by atoms with van der Waals surface area (Å²) >= 11 is 4.60. The minimum Gasteiger partial charge on any atom is -0.375 e. The summed E-state index contributed by atoms with van der Waals surface area (Å²) in [6.07, 6.45) is 0. The normalized spacial score (nSPS) is 18.7. The van der Waals surface area contributed by atoms with Crippen molar-refractivity contribution in [1.29, 1.82) is 0 Å². The maximum absolute atomic E-state index is 5.70. The highest BCUT2D eigenvalue weighted by Crippen LogP contribution is 2.02. The second kappa shape index (κ2) is 7.79. The van der Waals surface area contributed by atoms with Gasteiger partial charge in [-0.1, -0.05) is 30.3 Å². The van der Waals surface area contributed by atoms with E-state index in [2.05, 4.69) is 24.8 Å². The summed E-state index contributed by atoms with van der Waals surface area (Å²) < 4.78 is 11.0. The predicted octanol–water partition coefficient (Wildman–Crippen LogP) is 0.417. The lowest BCUT2D eigenvalue weighted by Gasteiger charge is -2.25. The molecule has 0 unspecified atom stereocenters. The van der Waals surface area contributed by atoms with E-state index < -0.39 is 0 Å². The van der Waals surface area contributed by atoms with Crippen LogP contribution in [0.5, 0.6) is 0 Å². The van der Waals surface area contributed by atoms with Gasteiger partial charge in [0.05, 0.1) is 38.2 Å². The minimum atomic E-state index is 0.307. The molecule has 1 saturated heterocycles. The highest BCUT2D eigenvalue weighted by molar-refractivity contribution is 7.81. The molecule has 0 amide bonds. The Hall–Kier alpha value is -0.550. The quantitative estimate of drug-likeness (QED) is 0.730. The van der Waals surface area contributed by atoms with E-state index in [1.165, 1.54) is 5.56 Å². The summed E-state index contributed by atoms with van der Waals surface area (Å²) in [5.41, 5.74) is 1.22. The van der Waals surface area contributed by atoms with Crippen LogP contribution in [0.3, 0.4) is 0 Å². The Morgan fingerprint density at radius 1 is 1.22 bits per heavy atom. The SMILES string of the molecule is S[C@@H](COCc1ccccc1)C[NH+]1CCOCC1. The van der Waals surface area contributed by atoms with Crippen molar-refractivity contribution in [2.24, 2.45) is 0 Å². The first-order chi connectivity index (χ1) is 8.84. The Balaban J connectivity index is 1.61. The van der Waals surface area contributed by atoms with Crippen LogP contribution in [0.25, 0.3) is 0 Å². The number of thiol groups is 1. The topological polar surface area (TPSA) is 22.9 Å². The fourth-order valence-electron chi connectivity index (χ4n) is 2.14. The molecule has 2 rings (SSSR count). The molecule has 0 radical (unpaired) electrons. The monoisotopic (exact) mass is 268 g/mol. The summed E-state index contributed by atoms with van der Waals surface area (Å²) in [5, 5.41) is 0.307. The van der Waals surface area contributed by atoms with Crippen LogP contribution >= 0.6 is 12.6 Å². The van der Waals surface area contributed by atoms with Crippen LogP contribution < -0.4 is 4.90 Å². The van der Waals surface area contributed by atoms with E-state index in [-0.39, 0.29) is 0 Å². The van der Waals surface area contributed by atoms with Gasteiger partial charge in [0.2, 0.25) is 0 Å². The first-order valence-corrected chi connectivity index (χ1v) is 7.07. The van der Waals surface area contributed by atoms with Crippen molar-refractivity contribution in [2.75, 3.05) is 39.5 Å². The van der Waals surface area contributed by atoms with Crippen molar-refractivity contribution in [3.8, 4) is 0 Å². The maximum Gasteiger partial charge on any atom is 0.101 e. The van der Waals surface area contributed by atoms with Crippen molar-refractivity contribution in [2.45, 2.75) is 11.9 Å². The summed E-state index contributed by atoms with van der Waals surface area (Å²) in [6, 6.07) is 10.3. The van der Waals surface area contributed by atoms with Gasteiger partial charge in [0, 0.05) is 0 Å². The van der Waals surface area contributed by atoms with Crippen LogP contribution in [0, 0.1) is 0 Å². The van der Waals surface area contributed by atoms with Crippen LogP contribution in [0.1, 0.15) is 5.56 Å². The van der Waals surface area contributed by atoms with Crippen LogP contribution in [0.15, 0.2) is 30.3 Å². The zero-order valence-electron chi connectivity index (χ0n) is 10.7. The Morgan fingerprint density at radius 3 is 2.67 bits per heavy atom. The number of hydrogen-bond donors (Lipinski definition) is 2. The summed E-state index contributed by atoms with van der Waals surface area (Å²) in [7, 11) is 0. The van der Waals surface area contributed by atoms with Gasteiger partial charge in [-0.3, -0.25) is 0 Å². The van der Waals surface area contributed by atoms with Gasteiger partial charge in [0.1, 0.15) is 13.1 Å². The average molecular weight is 268 g/mol. The molecule has 1 N–H and O–H groups in total. The maximum atomic E-state index is 5.70. The number of rotatable bonds is 6. The average Bonchev–Trinajstić information content (AvgIpc) is 2.41. The van der Waals surface area contributed by atoms with Gasteiger partial charge in [-0.15, -0.1) is 0 Å². The molecular formula is C14H22NO2S+. The first-order valence-electron chi connectivity index (χ1n) is 6.55. The van der Waals surface area contributed by atoms with E-state index in [9.17, 15) is 0 Å². The van der Waals surface area contributed by atoms with E-state index in [1.54, 1.807) is 4.90 Å². The third kappa shape index (κ3) is 4.98. The molecule has 4 heteroatoms. The van der Waals surface area contributed by atoms with Crippen LogP contribution in [0.2, 0.25) is 0 Å². The largest absolute Gasteiger partial charge is 0.375 e. The fourth-order valence-corrected chi connectivity index (χ4v) is 2.51. The zero-order chi connectivity index (χ0) is 12.6. The lowest BCUT2D eigenvalue weighted by atomic mass is 10.2. The lowest BCUT2D eigenvalue weighted by Crippen LogP contribution is -3.15. The van der Waals surface area contributed by atoms with Crippen molar-refractivity contribution in [3.05, 3.63) is 35.9 Å². The van der Waals surface area contributed by atoms with Gasteiger partial charge < -0.3 is 14.4 Å². The standard InChI is InChI=1S/C14H21NO2S/c18-14(10-15-6-8-16-9-7-15)12-17-11-13-4-2-1-3-5-13/h1-5,14,18H,6-12H2/p+1/t14-/m1/s1. The molecule has 0 aromatic heterocycles. The third-order valence-electron chi connectivity index (χ3n) is 3.15. The molecule has 1 heterocycles. The molecule has 1 fully saturated rings. The number of ether oxygens (including phenoxy) is 2. The highest BCUT2D eigenvalue weighted by atomic mass is 32.1. The molecule has 1 aromatic rings. The second-order valence-corrected chi connectivity index (χ2v) is 5.45. The van der Waals surface area contributed by atoms with Crippen LogP contribution in [-0.2, 0) is 16.1 Å². The van der Waals surface area contributed by atoms with Gasteiger partial charge in [-0.05, 0) is 5.56 Å². The molecule has 100 valence electrons. The minimum absolute atomic E-state index is 0.307. The number of hydrogen-bond acceptors (Lipinski definition) is 3. The first kappa shape index (κ1) is 13.9. The number of quaternary nitrogens is 1. The summed E-state index contributed by atoms with van der Waals surface area (Å²) in [4.78, 5) is 1.57. The molecule has 1 aliphatic heterocycles. The Labute approximate surface area is 114 Å². The van der Waals surface area contributed by atoms with Crippen molar-refractivity contribution in [1.82, 2.24) is 0 Å². The lowest BCUT2D eigenvalue weighted by molar-refractivity contribution is -0.907. The highest BCUT2D eigenvalue weighted by Gasteiger charge is 2.17. The second-order valence-electron chi connectivity index (χ2n) is 4.72. The Bertz CT molecular complexity index is 328. The molecule has 3 nitrogen and oxygen atoms in total. The van der Waals surface area contributed by atoms with E-state index >= 15 is 0 Å². The number of benzene rings is 1. The summed E-state index contributed by atoms with van der Waals surface area (Å²) in [6.45, 7) is 6.38. The molecule has 1 aliphatic rings. The van der Waals surface area contributed by atoms with Gasteiger partial charge >= 0.3 is 0 Å². The molecular weight excluding hydrogens is 246 g/mol. The fraction of sp³-hybridized carbons (Fsp3) is 0.571. The van der Waals surface area contributed by atoms with Gasteiger partial charge in [0.25, 0.3) is 0 Å². The molecule has 0 bridgehead atoms. The molecule has 0 saturated carbocycles. The van der Waals surface area contributed by atoms with Crippen LogP contribution in [0.4, 0.5) is 0 Å². The number of morpholine rings is 1. The molecule has 18 heavy (non-hydrogen) atoms. The smallest absolute Gasteiger partial charge is 0.101 e. The van der Waals surface area contributed by atoms with Gasteiger partial charge in [0.15, 0.2) is 0 Å². The van der Waals surface area contributed by atoms with Crippen LogP contribution in [-0.4, -0.2) is 44.7 Å². The van der Waals surface area contributed by atoms with Crippen molar-refractivity contribution >= 4 is 12.6 Å². The van der Waals surface area contributed by atoms with E-state index in [1.807, 2.05) is 18.2 Å². The van der Waals surface area contributed by atoms with E-state index in [0.29, 0.717) is 18.5 Å². The molecule has 0 spiro atoms. The van der Waals surface area contributed by atoms with E-state index in [0.717, 1.165) is 32.8 Å². The molecule has 1 aromatic carbocycles. The van der Waals surface area contributed by atoms with Crippen molar-refractivity contribution in [3.63, 3.8) is 0 Å². The Kier molecular flexibility index (Phi) is 6.00. The molecule has 1 atom stereocenters. The zero-order valence-corrected chi connectivity index (χ0v) is 11.6. The third-order valence-corrected chi connectivity index (χ3v) is 3.48. The molecule has 0 aliphatic carbocycles. The van der Waals surface area contributed by atoms with Crippen molar-refractivity contribution < 1.29 is 14.4 Å². The Morgan fingerprint density at radius 2 is 1.94 bits per heavy atom. The number of nitrogens with one attached hydrogen (secondary N) is 1. The van der Waals surface area contributed by atoms with Gasteiger partial charge in [-0.25, -0.2) is 0 Å². The predicted molar refractivity (Wildman–Crippen MR) is 75.3 cm³/mol.